The van der Waals surface area contributed by atoms with Crippen molar-refractivity contribution in [3.63, 3.8) is 0 Å². The topological polar surface area (TPSA) is 96.3 Å². The molecule has 3 heterocycles. The zero-order valence-electron chi connectivity index (χ0n) is 24.7. The van der Waals surface area contributed by atoms with E-state index in [9.17, 15) is 4.79 Å². The summed E-state index contributed by atoms with van der Waals surface area (Å²) < 4.78 is 7.80. The predicted octanol–water partition coefficient (Wildman–Crippen LogP) is 6.81. The van der Waals surface area contributed by atoms with Gasteiger partial charge in [0.15, 0.2) is 0 Å². The molecule has 2 amide bonds. The van der Waals surface area contributed by atoms with Crippen molar-refractivity contribution in [1.29, 1.82) is 0 Å². The summed E-state index contributed by atoms with van der Waals surface area (Å²) in [6, 6.07) is 19.2. The number of benzene rings is 2. The number of nitrogens with one attached hydrogen (secondary N) is 3. The van der Waals surface area contributed by atoms with Gasteiger partial charge in [0.25, 0.3) is 0 Å². The van der Waals surface area contributed by atoms with E-state index in [1.165, 1.54) is 11.1 Å². The van der Waals surface area contributed by atoms with Crippen LogP contribution in [-0.4, -0.2) is 45.3 Å². The number of anilines is 3. The first kappa shape index (κ1) is 28.2. The molecule has 0 unspecified atom stereocenters. The summed E-state index contributed by atoms with van der Waals surface area (Å²) in [4.78, 5) is 19.7. The van der Waals surface area contributed by atoms with E-state index in [1.54, 1.807) is 24.4 Å². The van der Waals surface area contributed by atoms with Crippen molar-refractivity contribution < 1.29 is 9.53 Å². The fourth-order valence-electron chi connectivity index (χ4n) is 4.72. The lowest BCUT2D eigenvalue weighted by Crippen LogP contribution is -2.26. The fraction of sp³-hybridized carbons (Fsp3) is 0.344. The Balaban J connectivity index is 1.29. The van der Waals surface area contributed by atoms with Gasteiger partial charge in [0.05, 0.1) is 11.4 Å². The minimum atomic E-state index is -0.350. The molecule has 0 atom stereocenters. The van der Waals surface area contributed by atoms with Gasteiger partial charge in [-0.15, -0.1) is 0 Å². The summed E-state index contributed by atoms with van der Waals surface area (Å²) >= 11 is 0. The summed E-state index contributed by atoms with van der Waals surface area (Å²) in [7, 11) is 2.14. The Morgan fingerprint density at radius 2 is 1.73 bits per heavy atom. The van der Waals surface area contributed by atoms with Crippen LogP contribution in [0.5, 0.6) is 11.5 Å². The minimum Gasteiger partial charge on any atom is -0.457 e. The number of pyridine rings is 1. The molecule has 1 aliphatic heterocycles. The van der Waals surface area contributed by atoms with E-state index < -0.39 is 0 Å². The zero-order chi connectivity index (χ0) is 29.1. The third-order valence-electron chi connectivity index (χ3n) is 6.87. The zero-order valence-corrected chi connectivity index (χ0v) is 24.7. The van der Waals surface area contributed by atoms with Crippen LogP contribution in [0, 0.1) is 0 Å². The molecule has 1 aliphatic rings. The summed E-state index contributed by atoms with van der Waals surface area (Å²) in [5, 5.41) is 14.1. The van der Waals surface area contributed by atoms with Gasteiger partial charge in [0.2, 0.25) is 0 Å². The number of urea groups is 1. The lowest BCUT2D eigenvalue weighted by atomic mass is 9.92. The highest BCUT2D eigenvalue weighted by atomic mass is 16.5. The molecule has 9 heteroatoms. The Labute approximate surface area is 241 Å². The molecule has 0 aliphatic carbocycles. The Morgan fingerprint density at radius 3 is 2.46 bits per heavy atom. The van der Waals surface area contributed by atoms with Gasteiger partial charge in [0.1, 0.15) is 23.1 Å². The molecule has 4 aromatic rings. The third-order valence-corrected chi connectivity index (χ3v) is 6.87. The molecule has 2 aromatic heterocycles. The first-order valence-corrected chi connectivity index (χ1v) is 14.0. The molecule has 0 spiro atoms. The van der Waals surface area contributed by atoms with Crippen molar-refractivity contribution in [1.82, 2.24) is 19.7 Å². The van der Waals surface area contributed by atoms with Crippen LogP contribution in [0.1, 0.15) is 51.4 Å². The second kappa shape index (κ2) is 11.6. The summed E-state index contributed by atoms with van der Waals surface area (Å²) in [6.45, 7) is 12.4. The lowest BCUT2D eigenvalue weighted by molar-refractivity contribution is 0.262. The molecular formula is C32H39N7O2. The van der Waals surface area contributed by atoms with Crippen LogP contribution in [-0.2, 0) is 18.4 Å². The number of fused-ring (bicyclic) bond motifs is 1. The third kappa shape index (κ3) is 7.05. The van der Waals surface area contributed by atoms with Crippen LogP contribution in [0.4, 0.5) is 22.1 Å². The number of hydrogen-bond donors (Lipinski definition) is 3. The van der Waals surface area contributed by atoms with Crippen LogP contribution in [0.3, 0.4) is 0 Å². The van der Waals surface area contributed by atoms with Crippen LogP contribution >= 0.6 is 0 Å². The van der Waals surface area contributed by atoms with Gasteiger partial charge in [-0.3, -0.25) is 5.32 Å². The molecule has 0 saturated heterocycles. The highest BCUT2D eigenvalue weighted by Crippen LogP contribution is 2.29. The van der Waals surface area contributed by atoms with Crippen molar-refractivity contribution >= 4 is 23.4 Å². The van der Waals surface area contributed by atoms with Crippen LogP contribution in [0.15, 0.2) is 66.9 Å². The molecule has 0 bridgehead atoms. The quantitative estimate of drug-likeness (QED) is 0.233. The molecule has 41 heavy (non-hydrogen) atoms. The first-order chi connectivity index (χ1) is 19.5. The molecule has 0 radical (unpaired) electrons. The van der Waals surface area contributed by atoms with E-state index in [0.717, 1.165) is 36.7 Å². The highest BCUT2D eigenvalue weighted by molar-refractivity contribution is 5.99. The Kier molecular flexibility index (Phi) is 7.99. The smallest absolute Gasteiger partial charge is 0.324 e. The van der Waals surface area contributed by atoms with Gasteiger partial charge in [-0.2, -0.15) is 5.10 Å². The average Bonchev–Trinajstić information content (AvgIpc) is 3.33. The van der Waals surface area contributed by atoms with Crippen molar-refractivity contribution in [3.05, 3.63) is 83.7 Å². The molecule has 0 saturated carbocycles. The molecular weight excluding hydrogens is 514 g/mol. The van der Waals surface area contributed by atoms with E-state index in [1.807, 2.05) is 28.9 Å². The molecule has 0 fully saturated rings. The summed E-state index contributed by atoms with van der Waals surface area (Å²) in [5.41, 5.74) is 4.95. The van der Waals surface area contributed by atoms with Gasteiger partial charge >= 0.3 is 6.03 Å². The molecule has 5 rings (SSSR count). The molecule has 9 nitrogen and oxygen atoms in total. The first-order valence-electron chi connectivity index (χ1n) is 14.0. The standard InChI is InChI=1S/C32H39N7O2/c1-21(2)34-29-18-27(13-15-33-29)41-26-11-8-24(9-12-26)35-31(40)36-30-19-28(32(3,4)5)37-39(30)25-10-7-22-14-16-38(6)20-23(22)17-25/h7-13,15,17-19,21H,14,16,20H2,1-6H3,(H,33,34)(H2,35,36,40). The lowest BCUT2D eigenvalue weighted by Gasteiger charge is -2.25. The van der Waals surface area contributed by atoms with Gasteiger partial charge in [0, 0.05) is 48.6 Å². The van der Waals surface area contributed by atoms with E-state index in [4.69, 9.17) is 9.84 Å². The minimum absolute atomic E-state index is 0.178. The number of likely N-dealkylation sites (N-methyl/N-ethyl adjacent to an activating group) is 1. The van der Waals surface area contributed by atoms with Crippen molar-refractivity contribution in [2.45, 2.75) is 59.0 Å². The van der Waals surface area contributed by atoms with Crippen molar-refractivity contribution in [2.75, 3.05) is 29.5 Å². The molecule has 214 valence electrons. The van der Waals surface area contributed by atoms with Crippen LogP contribution in [0.2, 0.25) is 0 Å². The maximum absolute atomic E-state index is 13.1. The maximum Gasteiger partial charge on any atom is 0.324 e. The van der Waals surface area contributed by atoms with Gasteiger partial charge in [-0.1, -0.05) is 26.8 Å². The SMILES string of the molecule is CC(C)Nc1cc(Oc2ccc(NC(=O)Nc3cc(C(C)(C)C)nn3-c3ccc4c(c3)CN(C)CC4)cc2)ccn1. The monoisotopic (exact) mass is 553 g/mol. The van der Waals surface area contributed by atoms with E-state index in [0.29, 0.717) is 23.0 Å². The number of carbonyl (C=O) groups excluding carboxylic acids is 1. The number of hydrogen-bond acceptors (Lipinski definition) is 6. The van der Waals surface area contributed by atoms with Crippen molar-refractivity contribution in [3.8, 4) is 17.2 Å². The number of carbonyl (C=O) groups is 1. The number of amides is 2. The molecule has 3 N–H and O–H groups in total. The van der Waals surface area contributed by atoms with Gasteiger partial charge in [-0.05, 0) is 80.9 Å². The predicted molar refractivity (Wildman–Crippen MR) is 164 cm³/mol. The number of ether oxygens (including phenoxy) is 1. The number of rotatable bonds is 7. The van der Waals surface area contributed by atoms with Crippen LogP contribution < -0.4 is 20.7 Å². The highest BCUT2D eigenvalue weighted by Gasteiger charge is 2.22. The van der Waals surface area contributed by atoms with Gasteiger partial charge in [-0.25, -0.2) is 14.5 Å². The summed E-state index contributed by atoms with van der Waals surface area (Å²) in [5.74, 6) is 2.70. The number of aromatic nitrogens is 3. The largest absolute Gasteiger partial charge is 0.457 e. The second-order valence-electron chi connectivity index (χ2n) is 11.9. The van der Waals surface area contributed by atoms with Crippen LogP contribution in [0.25, 0.3) is 5.69 Å². The summed E-state index contributed by atoms with van der Waals surface area (Å²) in [6.07, 6.45) is 2.74. The molecule has 2 aromatic carbocycles. The maximum atomic E-state index is 13.1. The average molecular weight is 554 g/mol. The van der Waals surface area contributed by atoms with Gasteiger partial charge < -0.3 is 20.3 Å². The second-order valence-corrected chi connectivity index (χ2v) is 11.9. The van der Waals surface area contributed by atoms with E-state index >= 15 is 0 Å². The van der Waals surface area contributed by atoms with Crippen molar-refractivity contribution in [2.24, 2.45) is 0 Å². The fourth-order valence-corrected chi connectivity index (χ4v) is 4.72. The van der Waals surface area contributed by atoms with E-state index in [2.05, 4.69) is 85.7 Å². The van der Waals surface area contributed by atoms with E-state index in [-0.39, 0.29) is 17.5 Å². The Morgan fingerprint density at radius 1 is 0.951 bits per heavy atom. The Bertz CT molecular complexity index is 1520. The number of nitrogens with zero attached hydrogens (tertiary/aromatic N) is 4. The normalized spacial score (nSPS) is 13.5. The Hall–Kier alpha value is -4.37.